The fourth-order valence-electron chi connectivity index (χ4n) is 1.66. The lowest BCUT2D eigenvalue weighted by atomic mass is 10.2. The molecule has 0 bridgehead atoms. The van der Waals surface area contributed by atoms with E-state index < -0.39 is 0 Å². The molecule has 2 rings (SSSR count). The topological polar surface area (TPSA) is 99.3 Å². The van der Waals surface area contributed by atoms with Crippen LogP contribution >= 0.6 is 15.9 Å². The third kappa shape index (κ3) is 4.32. The molecule has 8 heteroatoms. The lowest BCUT2D eigenvalue weighted by Gasteiger charge is -2.04. The number of H-pyrrole nitrogens is 2. The largest absolute Gasteiger partial charge is 0.496 e. The molecule has 2 aromatic rings. The summed E-state index contributed by atoms with van der Waals surface area (Å²) in [5.74, 6) is 0.307. The Labute approximate surface area is 128 Å². The number of nitrogens with one attached hydrogen (secondary N) is 3. The van der Waals surface area contributed by atoms with Crippen LogP contribution in [0.5, 0.6) is 5.75 Å². The van der Waals surface area contributed by atoms with Crippen LogP contribution in [0.15, 0.2) is 38.6 Å². The molecule has 0 aliphatic heterocycles. The van der Waals surface area contributed by atoms with Crippen LogP contribution in [-0.2, 0) is 11.2 Å². The van der Waals surface area contributed by atoms with Gasteiger partial charge in [-0.2, -0.15) is 5.10 Å². The van der Waals surface area contributed by atoms with Gasteiger partial charge in [-0.15, -0.1) is 0 Å². The summed E-state index contributed by atoms with van der Waals surface area (Å²) in [6.45, 7) is 0. The van der Waals surface area contributed by atoms with Gasteiger partial charge >= 0.3 is 0 Å². The summed E-state index contributed by atoms with van der Waals surface area (Å²) in [5, 5.41) is 8.82. The fraction of sp³-hybridized carbons (Fsp3) is 0.154. The number of hydrogen-bond donors (Lipinski definition) is 3. The highest BCUT2D eigenvalue weighted by Crippen LogP contribution is 2.21. The Bertz CT molecular complexity index is 720. The van der Waals surface area contributed by atoms with E-state index in [0.717, 1.165) is 10.0 Å². The molecule has 1 heterocycles. The van der Waals surface area contributed by atoms with E-state index in [-0.39, 0.29) is 17.9 Å². The zero-order valence-electron chi connectivity index (χ0n) is 11.1. The average molecular weight is 353 g/mol. The van der Waals surface area contributed by atoms with Crippen LogP contribution in [-0.4, -0.2) is 29.4 Å². The van der Waals surface area contributed by atoms with Gasteiger partial charge in [0.15, 0.2) is 0 Å². The number of hydrogen-bond acceptors (Lipinski definition) is 4. The summed E-state index contributed by atoms with van der Waals surface area (Å²) >= 11 is 3.35. The Morgan fingerprint density at radius 1 is 1.43 bits per heavy atom. The van der Waals surface area contributed by atoms with Crippen molar-refractivity contribution in [2.75, 3.05) is 7.11 Å². The van der Waals surface area contributed by atoms with Gasteiger partial charge in [0.2, 0.25) is 5.91 Å². The van der Waals surface area contributed by atoms with Gasteiger partial charge in [0.25, 0.3) is 5.56 Å². The maximum atomic E-state index is 11.6. The van der Waals surface area contributed by atoms with Crippen LogP contribution in [0.4, 0.5) is 0 Å². The molecular formula is C13H13BrN4O3. The summed E-state index contributed by atoms with van der Waals surface area (Å²) < 4.78 is 6.06. The maximum absolute atomic E-state index is 11.6. The summed E-state index contributed by atoms with van der Waals surface area (Å²) in [4.78, 5) is 22.5. The second-order valence-corrected chi connectivity index (χ2v) is 5.06. The third-order valence-electron chi connectivity index (χ3n) is 2.59. The Morgan fingerprint density at radius 2 is 2.24 bits per heavy atom. The highest BCUT2D eigenvalue weighted by molar-refractivity contribution is 9.10. The number of amides is 1. The summed E-state index contributed by atoms with van der Waals surface area (Å²) in [6, 6.07) is 6.77. The summed E-state index contributed by atoms with van der Waals surface area (Å²) in [5.41, 5.74) is 3.32. The molecule has 0 fully saturated rings. The van der Waals surface area contributed by atoms with Crippen molar-refractivity contribution in [2.24, 2.45) is 5.10 Å². The number of hydrazone groups is 1. The summed E-state index contributed by atoms with van der Waals surface area (Å²) in [6.07, 6.45) is 1.52. The quantitative estimate of drug-likeness (QED) is 0.556. The minimum absolute atomic E-state index is 0.0334. The van der Waals surface area contributed by atoms with Crippen molar-refractivity contribution >= 4 is 28.1 Å². The van der Waals surface area contributed by atoms with Crippen LogP contribution in [0.1, 0.15) is 11.3 Å². The lowest BCUT2D eigenvalue weighted by molar-refractivity contribution is -0.120. The average Bonchev–Trinajstić information content (AvgIpc) is 2.84. The van der Waals surface area contributed by atoms with E-state index in [9.17, 15) is 9.59 Å². The van der Waals surface area contributed by atoms with E-state index in [1.165, 1.54) is 12.3 Å². The number of ether oxygens (including phenoxy) is 1. The molecule has 0 atom stereocenters. The van der Waals surface area contributed by atoms with Crippen molar-refractivity contribution in [3.8, 4) is 5.75 Å². The number of halogens is 1. The van der Waals surface area contributed by atoms with E-state index in [0.29, 0.717) is 11.4 Å². The second-order valence-electron chi connectivity index (χ2n) is 4.14. The van der Waals surface area contributed by atoms with Gasteiger partial charge in [-0.25, -0.2) is 5.43 Å². The van der Waals surface area contributed by atoms with Crippen LogP contribution in [0.3, 0.4) is 0 Å². The van der Waals surface area contributed by atoms with Crippen molar-refractivity contribution < 1.29 is 9.53 Å². The molecule has 1 aromatic carbocycles. The molecular weight excluding hydrogens is 340 g/mol. The molecule has 0 saturated heterocycles. The first-order chi connectivity index (χ1) is 10.1. The van der Waals surface area contributed by atoms with Gasteiger partial charge in [0, 0.05) is 21.8 Å². The van der Waals surface area contributed by atoms with E-state index >= 15 is 0 Å². The first kappa shape index (κ1) is 15.0. The van der Waals surface area contributed by atoms with Gasteiger partial charge in [-0.3, -0.25) is 14.7 Å². The normalized spacial score (nSPS) is 10.8. The fourth-order valence-corrected chi connectivity index (χ4v) is 2.04. The molecule has 7 nitrogen and oxygen atoms in total. The highest BCUT2D eigenvalue weighted by atomic mass is 79.9. The van der Waals surface area contributed by atoms with Crippen molar-refractivity contribution in [3.05, 3.63) is 50.3 Å². The third-order valence-corrected chi connectivity index (χ3v) is 3.08. The molecule has 0 spiro atoms. The smallest absolute Gasteiger partial charge is 0.264 e. The predicted octanol–water partition coefficient (Wildman–Crippen LogP) is 1.17. The number of nitrogens with zero attached hydrogens (tertiary/aromatic N) is 1. The zero-order valence-corrected chi connectivity index (χ0v) is 12.7. The van der Waals surface area contributed by atoms with Gasteiger partial charge < -0.3 is 9.84 Å². The minimum Gasteiger partial charge on any atom is -0.496 e. The molecule has 3 N–H and O–H groups in total. The summed E-state index contributed by atoms with van der Waals surface area (Å²) in [7, 11) is 1.56. The number of benzene rings is 1. The van der Waals surface area contributed by atoms with Gasteiger partial charge in [0.05, 0.1) is 19.7 Å². The minimum atomic E-state index is -0.338. The van der Waals surface area contributed by atoms with Crippen molar-refractivity contribution in [1.29, 1.82) is 0 Å². The molecule has 1 amide bonds. The Morgan fingerprint density at radius 3 is 2.90 bits per heavy atom. The van der Waals surface area contributed by atoms with Crippen LogP contribution in [0.25, 0.3) is 0 Å². The standard InChI is InChI=1S/C13H13BrN4O3/c1-21-11-3-2-9(14)4-8(11)7-15-17-12(19)5-10-6-13(20)18-16-10/h2-4,6-7H,5H2,1H3,(H,17,19)(H2,16,18,20)/b15-7-. The van der Waals surface area contributed by atoms with Crippen molar-refractivity contribution in [3.63, 3.8) is 0 Å². The predicted molar refractivity (Wildman–Crippen MR) is 81.5 cm³/mol. The molecule has 110 valence electrons. The molecule has 0 saturated carbocycles. The number of carbonyl (C=O) groups is 1. The first-order valence-corrected chi connectivity index (χ1v) is 6.80. The number of carbonyl (C=O) groups excluding carboxylic acids is 1. The molecule has 0 aliphatic carbocycles. The van der Waals surface area contributed by atoms with Crippen molar-refractivity contribution in [1.82, 2.24) is 15.6 Å². The van der Waals surface area contributed by atoms with Gasteiger partial charge in [0.1, 0.15) is 5.75 Å². The monoisotopic (exact) mass is 352 g/mol. The van der Waals surface area contributed by atoms with Crippen molar-refractivity contribution in [2.45, 2.75) is 6.42 Å². The zero-order chi connectivity index (χ0) is 15.2. The molecule has 0 radical (unpaired) electrons. The highest BCUT2D eigenvalue weighted by Gasteiger charge is 2.05. The first-order valence-electron chi connectivity index (χ1n) is 6.00. The lowest BCUT2D eigenvalue weighted by Crippen LogP contribution is -2.20. The van der Waals surface area contributed by atoms with E-state index in [2.05, 4.69) is 36.7 Å². The molecule has 0 unspecified atom stereocenters. The van der Waals surface area contributed by atoms with Crippen LogP contribution < -0.4 is 15.7 Å². The number of methoxy groups -OCH3 is 1. The number of aromatic amines is 2. The second kappa shape index (κ2) is 6.89. The van der Waals surface area contributed by atoms with E-state index in [1.807, 2.05) is 12.1 Å². The number of rotatable bonds is 5. The van der Waals surface area contributed by atoms with Crippen LogP contribution in [0.2, 0.25) is 0 Å². The van der Waals surface area contributed by atoms with E-state index in [4.69, 9.17) is 4.74 Å². The van der Waals surface area contributed by atoms with E-state index in [1.54, 1.807) is 13.2 Å². The molecule has 21 heavy (non-hydrogen) atoms. The SMILES string of the molecule is COc1ccc(Br)cc1/C=N\NC(=O)Cc1cc(=O)[nH][nH]1. The Kier molecular flexibility index (Phi) is 4.94. The van der Waals surface area contributed by atoms with Crippen LogP contribution in [0, 0.1) is 0 Å². The van der Waals surface area contributed by atoms with Gasteiger partial charge in [-0.05, 0) is 18.2 Å². The van der Waals surface area contributed by atoms with Gasteiger partial charge in [-0.1, -0.05) is 15.9 Å². The Hall–Kier alpha value is -2.35. The number of aromatic nitrogens is 2. The maximum Gasteiger partial charge on any atom is 0.264 e. The molecule has 0 aliphatic rings. The molecule has 1 aromatic heterocycles. The Balaban J connectivity index is 1.97.